The summed E-state index contributed by atoms with van der Waals surface area (Å²) in [6.45, 7) is 5.85. The zero-order chi connectivity index (χ0) is 23.1. The third-order valence-corrected chi connectivity index (χ3v) is 7.43. The number of nitrogens with zero attached hydrogens (tertiary/aromatic N) is 2. The van der Waals surface area contributed by atoms with Crippen LogP contribution < -0.4 is 0 Å². The van der Waals surface area contributed by atoms with Crippen LogP contribution in [0.1, 0.15) is 162 Å². The molecular weight excluding hydrogens is 388 g/mol. The molecule has 2 nitrogen and oxygen atoms in total. The fourth-order valence-corrected chi connectivity index (χ4v) is 5.17. The first-order valence-corrected chi connectivity index (χ1v) is 15.0. The van der Waals surface area contributed by atoms with Gasteiger partial charge in [0.05, 0.1) is 0 Å². The van der Waals surface area contributed by atoms with Crippen LogP contribution in [0.2, 0.25) is 0 Å². The van der Waals surface area contributed by atoms with Crippen molar-refractivity contribution >= 4 is 0 Å². The van der Waals surface area contributed by atoms with Gasteiger partial charge in [-0.3, -0.25) is 0 Å². The van der Waals surface area contributed by atoms with Gasteiger partial charge in [0.15, 0.2) is 0 Å². The minimum Gasteiger partial charge on any atom is -0.359 e. The molecule has 0 aromatic carbocycles. The third-order valence-electron chi connectivity index (χ3n) is 7.43. The van der Waals surface area contributed by atoms with Crippen molar-refractivity contribution in [1.82, 2.24) is 9.80 Å². The van der Waals surface area contributed by atoms with Gasteiger partial charge in [-0.1, -0.05) is 142 Å². The Morgan fingerprint density at radius 3 is 1.28 bits per heavy atom. The maximum absolute atomic E-state index is 2.61. The van der Waals surface area contributed by atoms with E-state index < -0.39 is 0 Å². The van der Waals surface area contributed by atoms with Crippen LogP contribution in [0.25, 0.3) is 0 Å². The molecule has 0 aromatic heterocycles. The highest BCUT2D eigenvalue weighted by atomic mass is 15.4. The lowest BCUT2D eigenvalue weighted by molar-refractivity contribution is 0.159. The quantitative estimate of drug-likeness (QED) is 0.135. The molecule has 1 aliphatic rings. The molecule has 0 radical (unpaired) electrons. The molecule has 0 amide bonds. The van der Waals surface area contributed by atoms with E-state index in [4.69, 9.17) is 0 Å². The van der Waals surface area contributed by atoms with Crippen LogP contribution in [0.3, 0.4) is 0 Å². The van der Waals surface area contributed by atoms with E-state index >= 15 is 0 Å². The highest BCUT2D eigenvalue weighted by Gasteiger charge is 2.22. The zero-order valence-corrected chi connectivity index (χ0v) is 22.6. The van der Waals surface area contributed by atoms with Crippen LogP contribution in [0, 0.1) is 0 Å². The van der Waals surface area contributed by atoms with Crippen molar-refractivity contribution < 1.29 is 0 Å². The van der Waals surface area contributed by atoms with Crippen molar-refractivity contribution in [3.63, 3.8) is 0 Å². The Hall–Kier alpha value is -0.660. The van der Waals surface area contributed by atoms with E-state index in [1.54, 1.807) is 0 Å². The van der Waals surface area contributed by atoms with Crippen molar-refractivity contribution in [2.45, 2.75) is 168 Å². The fourth-order valence-electron chi connectivity index (χ4n) is 5.17. The molecule has 0 N–H and O–H groups in total. The Morgan fingerprint density at radius 2 is 0.844 bits per heavy atom. The minimum atomic E-state index is 0.623. The van der Waals surface area contributed by atoms with Gasteiger partial charge < -0.3 is 9.80 Å². The Bertz CT molecular complexity index is 406. The lowest BCUT2D eigenvalue weighted by Crippen LogP contribution is -2.37. The van der Waals surface area contributed by atoms with Gasteiger partial charge >= 0.3 is 0 Å². The van der Waals surface area contributed by atoms with Gasteiger partial charge in [-0.05, 0) is 19.3 Å². The van der Waals surface area contributed by atoms with Gasteiger partial charge in [-0.15, -0.1) is 0 Å². The van der Waals surface area contributed by atoms with Gasteiger partial charge in [0.1, 0.15) is 6.17 Å². The molecule has 1 rings (SSSR count). The SMILES string of the molecule is CCCCCCCCCCCCCCCCCCN1C=CN(C)C1CCCCCCCC. The Morgan fingerprint density at radius 1 is 0.469 bits per heavy atom. The fraction of sp³-hybridized carbons (Fsp3) is 0.933. The number of hydrogen-bond acceptors (Lipinski definition) is 2. The largest absolute Gasteiger partial charge is 0.359 e. The predicted octanol–water partition coefficient (Wildman–Crippen LogP) is 10.0. The molecule has 1 aliphatic heterocycles. The monoisotopic (exact) mass is 448 g/mol. The molecule has 2 heteroatoms. The Labute approximate surface area is 203 Å². The highest BCUT2D eigenvalue weighted by molar-refractivity contribution is 4.95. The van der Waals surface area contributed by atoms with Gasteiger partial charge in [-0.25, -0.2) is 0 Å². The van der Waals surface area contributed by atoms with Crippen LogP contribution >= 0.6 is 0 Å². The topological polar surface area (TPSA) is 6.48 Å². The van der Waals surface area contributed by atoms with E-state index in [-0.39, 0.29) is 0 Å². The van der Waals surface area contributed by atoms with Crippen molar-refractivity contribution in [3.05, 3.63) is 12.4 Å². The van der Waals surface area contributed by atoms with E-state index in [1.807, 2.05) is 0 Å². The first-order chi connectivity index (χ1) is 15.8. The molecule has 1 heterocycles. The molecule has 0 fully saturated rings. The molecule has 32 heavy (non-hydrogen) atoms. The van der Waals surface area contributed by atoms with Crippen molar-refractivity contribution in [2.24, 2.45) is 0 Å². The summed E-state index contributed by atoms with van der Waals surface area (Å²) >= 11 is 0. The van der Waals surface area contributed by atoms with Crippen LogP contribution in [0.5, 0.6) is 0 Å². The number of rotatable bonds is 24. The second kappa shape index (κ2) is 22.1. The molecule has 0 aliphatic carbocycles. The molecule has 1 unspecified atom stereocenters. The summed E-state index contributed by atoms with van der Waals surface area (Å²) in [5, 5.41) is 0. The van der Waals surface area contributed by atoms with E-state index in [2.05, 4.69) is 43.1 Å². The van der Waals surface area contributed by atoms with E-state index in [1.165, 1.54) is 154 Å². The first kappa shape index (κ1) is 29.4. The summed E-state index contributed by atoms with van der Waals surface area (Å²) in [7, 11) is 2.26. The lowest BCUT2D eigenvalue weighted by atomic mass is 10.0. The average molecular weight is 449 g/mol. The molecule has 0 saturated carbocycles. The molecule has 1 atom stereocenters. The normalized spacial score (nSPS) is 15.9. The van der Waals surface area contributed by atoms with Gasteiger partial charge in [0.2, 0.25) is 0 Å². The van der Waals surface area contributed by atoms with Crippen molar-refractivity contribution in [2.75, 3.05) is 13.6 Å². The number of hydrogen-bond donors (Lipinski definition) is 0. The second-order valence-corrected chi connectivity index (χ2v) is 10.5. The van der Waals surface area contributed by atoms with E-state index in [0.717, 1.165) is 0 Å². The maximum Gasteiger partial charge on any atom is 0.100 e. The van der Waals surface area contributed by atoms with Crippen LogP contribution in [-0.2, 0) is 0 Å². The molecule has 0 bridgehead atoms. The van der Waals surface area contributed by atoms with E-state index in [0.29, 0.717) is 6.17 Å². The summed E-state index contributed by atoms with van der Waals surface area (Å²) < 4.78 is 0. The summed E-state index contributed by atoms with van der Waals surface area (Å²) in [5.74, 6) is 0. The summed E-state index contributed by atoms with van der Waals surface area (Å²) in [6.07, 6.45) is 38.2. The predicted molar refractivity (Wildman–Crippen MR) is 145 cm³/mol. The van der Waals surface area contributed by atoms with Crippen molar-refractivity contribution in [1.29, 1.82) is 0 Å². The zero-order valence-electron chi connectivity index (χ0n) is 22.6. The van der Waals surface area contributed by atoms with Gasteiger partial charge in [0.25, 0.3) is 0 Å². The summed E-state index contributed by atoms with van der Waals surface area (Å²) in [4.78, 5) is 5.04. The number of unbranched alkanes of at least 4 members (excludes halogenated alkanes) is 20. The second-order valence-electron chi connectivity index (χ2n) is 10.5. The molecule has 0 spiro atoms. The maximum atomic E-state index is 2.61. The molecule has 0 aromatic rings. The van der Waals surface area contributed by atoms with Gasteiger partial charge in [-0.2, -0.15) is 0 Å². The van der Waals surface area contributed by atoms with E-state index in [9.17, 15) is 0 Å². The first-order valence-electron chi connectivity index (χ1n) is 15.0. The third kappa shape index (κ3) is 16.0. The molecule has 190 valence electrons. The molecule has 0 saturated heterocycles. The van der Waals surface area contributed by atoms with Gasteiger partial charge in [0, 0.05) is 26.0 Å². The lowest BCUT2D eigenvalue weighted by Gasteiger charge is -2.30. The Kier molecular flexibility index (Phi) is 20.3. The standard InChI is InChI=1S/C30H60N2/c1-4-6-8-10-12-13-14-15-16-17-18-19-20-21-23-25-27-32-29-28-31(3)30(32)26-24-22-11-9-7-5-2/h28-30H,4-27H2,1-3H3. The van der Waals surface area contributed by atoms with Crippen molar-refractivity contribution in [3.8, 4) is 0 Å². The minimum absolute atomic E-state index is 0.623. The van der Waals surface area contributed by atoms with Crippen LogP contribution in [-0.4, -0.2) is 29.6 Å². The Balaban J connectivity index is 1.87. The smallest absolute Gasteiger partial charge is 0.100 e. The average Bonchev–Trinajstić information content (AvgIpc) is 3.15. The highest BCUT2D eigenvalue weighted by Crippen LogP contribution is 2.21. The molecular formula is C30H60N2. The summed E-state index contributed by atoms with van der Waals surface area (Å²) in [6, 6.07) is 0. The summed E-state index contributed by atoms with van der Waals surface area (Å²) in [5.41, 5.74) is 0. The van der Waals surface area contributed by atoms with Crippen LogP contribution in [0.15, 0.2) is 12.4 Å². The van der Waals surface area contributed by atoms with Crippen LogP contribution in [0.4, 0.5) is 0 Å².